The van der Waals surface area contributed by atoms with Crippen LogP contribution < -0.4 is 15.3 Å². The van der Waals surface area contributed by atoms with Gasteiger partial charge in [0.25, 0.3) is 0 Å². The Balaban J connectivity index is 1.74. The molecular formula is C28H32N5O10P. The Morgan fingerprint density at radius 3 is 2.50 bits per heavy atom. The maximum absolute atomic E-state index is 14.1. The number of hydrogen-bond acceptors (Lipinski definition) is 13. The van der Waals surface area contributed by atoms with Gasteiger partial charge >= 0.3 is 25.7 Å². The van der Waals surface area contributed by atoms with Crippen LogP contribution >= 0.6 is 7.75 Å². The summed E-state index contributed by atoms with van der Waals surface area (Å²) < 4.78 is 49.2. The van der Waals surface area contributed by atoms with Gasteiger partial charge in [-0.05, 0) is 44.2 Å². The van der Waals surface area contributed by atoms with Gasteiger partial charge in [0.05, 0.1) is 23.5 Å². The van der Waals surface area contributed by atoms with E-state index >= 15 is 0 Å². The second-order valence-corrected chi connectivity index (χ2v) is 11.5. The highest BCUT2D eigenvalue weighted by Gasteiger charge is 2.62. The minimum absolute atomic E-state index is 0.0683. The molecule has 44 heavy (non-hydrogen) atoms. The zero-order valence-corrected chi connectivity index (χ0v) is 25.3. The first-order chi connectivity index (χ1) is 20.9. The van der Waals surface area contributed by atoms with Gasteiger partial charge in [0, 0.05) is 20.0 Å². The largest absolute Gasteiger partial charge is 0.465 e. The molecular weight excluding hydrogens is 597 g/mol. The van der Waals surface area contributed by atoms with Crippen LogP contribution in [0.1, 0.15) is 39.5 Å². The van der Waals surface area contributed by atoms with Crippen molar-refractivity contribution in [1.82, 2.24) is 14.7 Å². The molecule has 1 aliphatic heterocycles. The summed E-state index contributed by atoms with van der Waals surface area (Å²) in [4.78, 5) is 36.9. The Hall–Kier alpha value is -4.48. The van der Waals surface area contributed by atoms with E-state index in [1.54, 1.807) is 43.3 Å². The molecule has 234 valence electrons. The molecule has 1 aromatic carbocycles. The lowest BCUT2D eigenvalue weighted by molar-refractivity contribution is -0.166. The second kappa shape index (κ2) is 13.4. The lowest BCUT2D eigenvalue weighted by atomic mass is 9.95. The number of anilines is 1. The number of nitrogens with two attached hydrogens (primary N) is 1. The van der Waals surface area contributed by atoms with Crippen molar-refractivity contribution in [1.29, 1.82) is 5.26 Å². The highest BCUT2D eigenvalue weighted by atomic mass is 31.2. The predicted octanol–water partition coefficient (Wildman–Crippen LogP) is 2.86. The van der Waals surface area contributed by atoms with Crippen LogP contribution in [0, 0.1) is 11.3 Å². The van der Waals surface area contributed by atoms with Gasteiger partial charge in [-0.3, -0.25) is 18.9 Å². The minimum Gasteiger partial charge on any atom is -0.465 e. The van der Waals surface area contributed by atoms with Crippen LogP contribution in [0.3, 0.4) is 0 Å². The number of fused-ring (bicyclic) bond motifs is 1. The van der Waals surface area contributed by atoms with Crippen molar-refractivity contribution >= 4 is 36.9 Å². The molecule has 0 unspecified atom stereocenters. The molecule has 3 aromatic rings. The van der Waals surface area contributed by atoms with Crippen LogP contribution in [0.2, 0.25) is 0 Å². The monoisotopic (exact) mass is 629 g/mol. The van der Waals surface area contributed by atoms with Crippen LogP contribution in [0.15, 0.2) is 54.7 Å². The van der Waals surface area contributed by atoms with E-state index in [9.17, 15) is 24.2 Å². The first kappa shape index (κ1) is 32.4. The van der Waals surface area contributed by atoms with Gasteiger partial charge in [0.15, 0.2) is 12.2 Å². The number of nitrogen functional groups attached to an aromatic ring is 1. The fourth-order valence-corrected chi connectivity index (χ4v) is 6.15. The standard InChI is InChI=1S/C28H32N5O10P/c1-5-38-27(36)17(2)32-44(37,43-20-9-7-6-8-10-20)39-16-28(15-29)26(41-19(4)35)25(40-18(3)34)24(42-28)23-12-11-22-21(30)13-14-31-33(22)23/h6-14,17,24-26H,5,16,30H2,1-4H3,(H,32,37)/t17-,24-,25-,26-,28+,44-/m0/s1. The van der Waals surface area contributed by atoms with Gasteiger partial charge in [-0.2, -0.15) is 15.4 Å². The van der Waals surface area contributed by atoms with Gasteiger partial charge < -0.3 is 29.2 Å². The van der Waals surface area contributed by atoms with Gasteiger partial charge in [-0.25, -0.2) is 9.08 Å². The number of aromatic nitrogens is 2. The van der Waals surface area contributed by atoms with E-state index in [2.05, 4.69) is 10.2 Å². The van der Waals surface area contributed by atoms with Crippen molar-refractivity contribution in [3.8, 4) is 11.8 Å². The SMILES string of the molecule is CCOC(=O)[C@H](C)N[P@](=O)(OC[C@@]1(C#N)O[C@@H](c2ccc3c(N)ccnn23)[C@H](OC(C)=O)[C@@H]1OC(C)=O)Oc1ccccc1. The lowest BCUT2D eigenvalue weighted by Crippen LogP contribution is -2.49. The Labute approximate surface area is 252 Å². The summed E-state index contributed by atoms with van der Waals surface area (Å²) >= 11 is 0. The maximum atomic E-state index is 14.1. The lowest BCUT2D eigenvalue weighted by Gasteiger charge is -2.30. The van der Waals surface area contributed by atoms with E-state index in [1.807, 2.05) is 6.07 Å². The topological polar surface area (TPSA) is 203 Å². The van der Waals surface area contributed by atoms with Crippen LogP contribution in [-0.2, 0) is 42.4 Å². The fraction of sp³-hybridized carbons (Fsp3) is 0.393. The molecule has 16 heteroatoms. The van der Waals surface area contributed by atoms with E-state index in [0.29, 0.717) is 16.9 Å². The predicted molar refractivity (Wildman–Crippen MR) is 153 cm³/mol. The molecule has 0 aliphatic carbocycles. The number of carbonyl (C=O) groups excluding carboxylic acids is 3. The Morgan fingerprint density at radius 1 is 1.16 bits per heavy atom. The summed E-state index contributed by atoms with van der Waals surface area (Å²) in [5.41, 5.74) is 5.08. The molecule has 1 fully saturated rings. The molecule has 1 aliphatic rings. The molecule has 0 saturated carbocycles. The third kappa shape index (κ3) is 7.00. The van der Waals surface area contributed by atoms with E-state index in [-0.39, 0.29) is 12.4 Å². The third-order valence-corrected chi connectivity index (χ3v) is 8.12. The van der Waals surface area contributed by atoms with E-state index in [4.69, 9.17) is 33.7 Å². The summed E-state index contributed by atoms with van der Waals surface area (Å²) in [6, 6.07) is 13.6. The minimum atomic E-state index is -4.48. The molecule has 4 rings (SSSR count). The summed E-state index contributed by atoms with van der Waals surface area (Å²) in [5, 5.41) is 17.3. The number of ether oxygens (including phenoxy) is 4. The normalized spacial score (nSPS) is 23.2. The molecule has 0 bridgehead atoms. The number of carbonyl (C=O) groups is 3. The quantitative estimate of drug-likeness (QED) is 0.168. The van der Waals surface area contributed by atoms with E-state index in [1.165, 1.54) is 29.8 Å². The Kier molecular flexibility index (Phi) is 9.91. The van der Waals surface area contributed by atoms with Crippen molar-refractivity contribution in [2.24, 2.45) is 0 Å². The molecule has 1 saturated heterocycles. The van der Waals surface area contributed by atoms with Crippen molar-refractivity contribution in [3.63, 3.8) is 0 Å². The number of para-hydroxylation sites is 1. The summed E-state index contributed by atoms with van der Waals surface area (Å²) in [6.07, 6.45) is -2.73. The van der Waals surface area contributed by atoms with Gasteiger partial charge in [0.2, 0.25) is 5.60 Å². The van der Waals surface area contributed by atoms with Gasteiger partial charge in [-0.15, -0.1) is 0 Å². The van der Waals surface area contributed by atoms with E-state index in [0.717, 1.165) is 13.8 Å². The Morgan fingerprint density at radius 2 is 1.86 bits per heavy atom. The zero-order chi connectivity index (χ0) is 32.1. The number of nitrogens with one attached hydrogen (secondary N) is 1. The molecule has 0 amide bonds. The highest BCUT2D eigenvalue weighted by molar-refractivity contribution is 7.52. The highest BCUT2D eigenvalue weighted by Crippen LogP contribution is 2.49. The smallest absolute Gasteiger partial charge is 0.459 e. The van der Waals surface area contributed by atoms with Crippen molar-refractivity contribution < 1.29 is 46.9 Å². The second-order valence-electron chi connectivity index (χ2n) is 9.76. The Bertz CT molecular complexity index is 1610. The molecule has 0 radical (unpaired) electrons. The molecule has 2 aromatic heterocycles. The van der Waals surface area contributed by atoms with Crippen LogP contribution in [-0.4, -0.2) is 64.6 Å². The van der Waals surface area contributed by atoms with Crippen LogP contribution in [0.25, 0.3) is 5.52 Å². The summed E-state index contributed by atoms with van der Waals surface area (Å²) in [7, 11) is -4.48. The van der Waals surface area contributed by atoms with Crippen LogP contribution in [0.4, 0.5) is 5.69 Å². The molecule has 3 N–H and O–H groups in total. The molecule has 0 spiro atoms. The van der Waals surface area contributed by atoms with Crippen molar-refractivity contribution in [2.75, 3.05) is 18.9 Å². The first-order valence-electron chi connectivity index (χ1n) is 13.5. The first-order valence-corrected chi connectivity index (χ1v) is 15.1. The number of nitrogens with zero attached hydrogens (tertiary/aromatic N) is 3. The van der Waals surface area contributed by atoms with E-state index < -0.39 is 62.2 Å². The van der Waals surface area contributed by atoms with Gasteiger partial charge in [0.1, 0.15) is 30.6 Å². The number of nitriles is 1. The number of esters is 3. The van der Waals surface area contributed by atoms with Crippen LogP contribution in [0.5, 0.6) is 5.75 Å². The number of benzene rings is 1. The summed E-state index contributed by atoms with van der Waals surface area (Å²) in [5.74, 6) is -2.20. The molecule has 3 heterocycles. The van der Waals surface area contributed by atoms with Gasteiger partial charge in [-0.1, -0.05) is 18.2 Å². The van der Waals surface area contributed by atoms with Crippen molar-refractivity contribution in [3.05, 3.63) is 60.4 Å². The average molecular weight is 630 g/mol. The number of hydrogen-bond donors (Lipinski definition) is 2. The number of rotatable bonds is 12. The van der Waals surface area contributed by atoms with Crippen molar-refractivity contribution in [2.45, 2.75) is 57.6 Å². The molecule has 15 nitrogen and oxygen atoms in total. The zero-order valence-electron chi connectivity index (χ0n) is 24.4. The third-order valence-electron chi connectivity index (χ3n) is 6.50. The molecule has 6 atom stereocenters. The average Bonchev–Trinajstić information content (AvgIpc) is 3.53. The maximum Gasteiger partial charge on any atom is 0.459 e. The fourth-order valence-electron chi connectivity index (χ4n) is 4.63. The summed E-state index contributed by atoms with van der Waals surface area (Å²) in [6.45, 7) is 4.47.